The molecule has 0 unspecified atom stereocenters. The molecule has 0 saturated carbocycles. The summed E-state index contributed by atoms with van der Waals surface area (Å²) < 4.78 is 46.5. The van der Waals surface area contributed by atoms with Gasteiger partial charge in [0.1, 0.15) is 5.75 Å². The van der Waals surface area contributed by atoms with Crippen LogP contribution in [-0.4, -0.2) is 21.4 Å². The number of benzene rings is 2. The molecule has 0 amide bonds. The van der Waals surface area contributed by atoms with Crippen molar-refractivity contribution < 1.29 is 27.4 Å². The Balaban J connectivity index is 1.99. The van der Waals surface area contributed by atoms with E-state index in [1.54, 1.807) is 6.92 Å². The van der Waals surface area contributed by atoms with E-state index in [0.29, 0.717) is 5.56 Å². The Morgan fingerprint density at radius 3 is 2.62 bits per heavy atom. The summed E-state index contributed by atoms with van der Waals surface area (Å²) in [7, 11) is 0. The summed E-state index contributed by atoms with van der Waals surface area (Å²) >= 11 is 0. The van der Waals surface area contributed by atoms with Gasteiger partial charge in [0.05, 0.1) is 10.5 Å². The Morgan fingerprint density at radius 1 is 1.19 bits per heavy atom. The molecular formula is C16H10F3N3O4. The molecule has 7 nitrogen and oxygen atoms in total. The molecule has 0 N–H and O–H groups in total. The van der Waals surface area contributed by atoms with Gasteiger partial charge in [0.2, 0.25) is 5.82 Å². The lowest BCUT2D eigenvalue weighted by molar-refractivity contribution is -0.385. The quantitative estimate of drug-likeness (QED) is 0.499. The van der Waals surface area contributed by atoms with Gasteiger partial charge in [0.15, 0.2) is 0 Å². The smallest absolute Gasteiger partial charge is 0.405 e. The Kier molecular flexibility index (Phi) is 4.33. The summed E-state index contributed by atoms with van der Waals surface area (Å²) in [5, 5.41) is 14.7. The topological polar surface area (TPSA) is 91.3 Å². The Morgan fingerprint density at radius 2 is 1.92 bits per heavy atom. The van der Waals surface area contributed by atoms with Crippen molar-refractivity contribution in [3.8, 4) is 28.6 Å². The number of hydrogen-bond acceptors (Lipinski definition) is 6. The van der Waals surface area contributed by atoms with Gasteiger partial charge in [-0.2, -0.15) is 4.98 Å². The number of hydrogen-bond donors (Lipinski definition) is 0. The van der Waals surface area contributed by atoms with Crippen LogP contribution in [0, 0.1) is 17.0 Å². The molecule has 0 spiro atoms. The van der Waals surface area contributed by atoms with E-state index in [1.807, 2.05) is 0 Å². The van der Waals surface area contributed by atoms with E-state index in [0.717, 1.165) is 6.07 Å². The van der Waals surface area contributed by atoms with E-state index < -0.39 is 17.0 Å². The lowest BCUT2D eigenvalue weighted by atomic mass is 10.1. The second-order valence-corrected chi connectivity index (χ2v) is 5.23. The third kappa shape index (κ3) is 3.63. The number of ether oxygens (including phenoxy) is 1. The number of aryl methyl sites for hydroxylation is 1. The number of para-hydroxylation sites is 1. The number of nitro benzene ring substituents is 1. The molecule has 0 aliphatic carbocycles. The van der Waals surface area contributed by atoms with Crippen LogP contribution in [0.3, 0.4) is 0 Å². The summed E-state index contributed by atoms with van der Waals surface area (Å²) in [6.45, 7) is 1.58. The fourth-order valence-corrected chi connectivity index (χ4v) is 2.25. The van der Waals surface area contributed by atoms with Crippen molar-refractivity contribution in [2.45, 2.75) is 13.3 Å². The lowest BCUT2D eigenvalue weighted by Gasteiger charge is -2.10. The van der Waals surface area contributed by atoms with Crippen molar-refractivity contribution in [2.75, 3.05) is 0 Å². The lowest BCUT2D eigenvalue weighted by Crippen LogP contribution is -2.17. The monoisotopic (exact) mass is 365 g/mol. The van der Waals surface area contributed by atoms with Crippen molar-refractivity contribution >= 4 is 5.69 Å². The van der Waals surface area contributed by atoms with E-state index in [-0.39, 0.29) is 28.5 Å². The molecule has 3 aromatic rings. The molecule has 0 radical (unpaired) electrons. The van der Waals surface area contributed by atoms with Gasteiger partial charge >= 0.3 is 6.36 Å². The minimum absolute atomic E-state index is 0.0264. The van der Waals surface area contributed by atoms with Crippen LogP contribution in [0.4, 0.5) is 18.9 Å². The number of nitro groups is 1. The van der Waals surface area contributed by atoms with Crippen LogP contribution >= 0.6 is 0 Å². The van der Waals surface area contributed by atoms with Crippen LogP contribution < -0.4 is 4.74 Å². The van der Waals surface area contributed by atoms with Crippen LogP contribution in [-0.2, 0) is 0 Å². The molecule has 1 aromatic heterocycles. The normalized spacial score (nSPS) is 11.4. The van der Waals surface area contributed by atoms with Crippen LogP contribution in [0.15, 0.2) is 47.0 Å². The second kappa shape index (κ2) is 6.47. The van der Waals surface area contributed by atoms with Crippen LogP contribution in [0.25, 0.3) is 22.8 Å². The van der Waals surface area contributed by atoms with Crippen molar-refractivity contribution in [3.63, 3.8) is 0 Å². The molecule has 0 bridgehead atoms. The van der Waals surface area contributed by atoms with Gasteiger partial charge in [0, 0.05) is 17.2 Å². The molecule has 0 aliphatic rings. The molecule has 3 rings (SSSR count). The molecule has 0 saturated heterocycles. The van der Waals surface area contributed by atoms with Crippen molar-refractivity contribution in [2.24, 2.45) is 0 Å². The van der Waals surface area contributed by atoms with Crippen molar-refractivity contribution in [1.29, 1.82) is 0 Å². The highest BCUT2D eigenvalue weighted by Crippen LogP contribution is 2.33. The first kappa shape index (κ1) is 17.4. The third-order valence-electron chi connectivity index (χ3n) is 3.43. The zero-order valence-electron chi connectivity index (χ0n) is 13.1. The fraction of sp³-hybridized carbons (Fsp3) is 0.125. The van der Waals surface area contributed by atoms with E-state index in [9.17, 15) is 23.3 Å². The van der Waals surface area contributed by atoms with Gasteiger partial charge in [-0.15, -0.1) is 13.2 Å². The molecule has 2 aromatic carbocycles. The molecule has 134 valence electrons. The SMILES string of the molecule is Cc1ccc(-c2nc(-c3ccccc3OC(F)(F)F)no2)cc1[N+](=O)[O-]. The molecule has 0 atom stereocenters. The maximum Gasteiger partial charge on any atom is 0.573 e. The van der Waals surface area contributed by atoms with Gasteiger partial charge in [-0.25, -0.2) is 0 Å². The first-order valence-corrected chi connectivity index (χ1v) is 7.19. The second-order valence-electron chi connectivity index (χ2n) is 5.23. The first-order valence-electron chi connectivity index (χ1n) is 7.19. The summed E-state index contributed by atoms with van der Waals surface area (Å²) in [4.78, 5) is 14.5. The molecule has 0 fully saturated rings. The van der Waals surface area contributed by atoms with Gasteiger partial charge < -0.3 is 9.26 Å². The van der Waals surface area contributed by atoms with Gasteiger partial charge in [-0.1, -0.05) is 23.4 Å². The Hall–Kier alpha value is -3.43. The van der Waals surface area contributed by atoms with Gasteiger partial charge in [-0.05, 0) is 25.1 Å². The molecular weight excluding hydrogens is 355 g/mol. The largest absolute Gasteiger partial charge is 0.573 e. The zero-order valence-corrected chi connectivity index (χ0v) is 13.1. The molecule has 0 aliphatic heterocycles. The predicted octanol–water partition coefficient (Wildman–Crippen LogP) is 4.52. The minimum Gasteiger partial charge on any atom is -0.405 e. The highest BCUT2D eigenvalue weighted by molar-refractivity contribution is 5.67. The Bertz CT molecular complexity index is 969. The average Bonchev–Trinajstić information content (AvgIpc) is 3.04. The summed E-state index contributed by atoms with van der Waals surface area (Å²) in [5.41, 5.74) is 0.558. The zero-order chi connectivity index (χ0) is 18.9. The summed E-state index contributed by atoms with van der Waals surface area (Å²) in [6, 6.07) is 9.63. The van der Waals surface area contributed by atoms with E-state index in [2.05, 4.69) is 14.9 Å². The van der Waals surface area contributed by atoms with Crippen LogP contribution in [0.2, 0.25) is 0 Å². The highest BCUT2D eigenvalue weighted by atomic mass is 19.4. The summed E-state index contributed by atoms with van der Waals surface area (Å²) in [6.07, 6.45) is -4.87. The van der Waals surface area contributed by atoms with Crippen LogP contribution in [0.5, 0.6) is 5.75 Å². The van der Waals surface area contributed by atoms with Crippen molar-refractivity contribution in [3.05, 3.63) is 58.1 Å². The third-order valence-corrected chi connectivity index (χ3v) is 3.43. The Labute approximate surface area is 144 Å². The molecule has 1 heterocycles. The maximum absolute atomic E-state index is 12.5. The van der Waals surface area contributed by atoms with Crippen LogP contribution in [0.1, 0.15) is 5.56 Å². The molecule has 10 heteroatoms. The number of halogens is 3. The van der Waals surface area contributed by atoms with E-state index in [1.165, 1.54) is 36.4 Å². The highest BCUT2D eigenvalue weighted by Gasteiger charge is 2.32. The summed E-state index contributed by atoms with van der Waals surface area (Å²) in [5.74, 6) is -0.685. The minimum atomic E-state index is -4.87. The number of nitrogens with zero attached hydrogens (tertiary/aromatic N) is 3. The first-order chi connectivity index (χ1) is 12.2. The fourth-order valence-electron chi connectivity index (χ4n) is 2.25. The number of aromatic nitrogens is 2. The maximum atomic E-state index is 12.5. The predicted molar refractivity (Wildman–Crippen MR) is 83.2 cm³/mol. The van der Waals surface area contributed by atoms with E-state index in [4.69, 9.17) is 4.52 Å². The molecule has 26 heavy (non-hydrogen) atoms. The average molecular weight is 365 g/mol. The van der Waals surface area contributed by atoms with Gasteiger partial charge in [-0.3, -0.25) is 10.1 Å². The number of alkyl halides is 3. The van der Waals surface area contributed by atoms with E-state index >= 15 is 0 Å². The number of rotatable bonds is 4. The van der Waals surface area contributed by atoms with Gasteiger partial charge in [0.25, 0.3) is 11.6 Å². The standard InChI is InChI=1S/C16H10F3N3O4/c1-9-6-7-10(8-12(9)22(23)24)15-20-14(21-26-15)11-4-2-3-5-13(11)25-16(17,18)19/h2-8H,1H3. The van der Waals surface area contributed by atoms with Crippen molar-refractivity contribution in [1.82, 2.24) is 10.1 Å².